The number of hydrogen-bond donors (Lipinski definition) is 0. The van der Waals surface area contributed by atoms with Gasteiger partial charge >= 0.3 is 0 Å². The van der Waals surface area contributed by atoms with Crippen molar-refractivity contribution in [2.24, 2.45) is 0 Å². The van der Waals surface area contributed by atoms with Crippen LogP contribution in [0.1, 0.15) is 10.4 Å². The van der Waals surface area contributed by atoms with Crippen LogP contribution in [-0.4, -0.2) is 31.7 Å². The summed E-state index contributed by atoms with van der Waals surface area (Å²) >= 11 is 11.6. The Labute approximate surface area is 103 Å². The van der Waals surface area contributed by atoms with Gasteiger partial charge < -0.3 is 9.47 Å². The van der Waals surface area contributed by atoms with Gasteiger partial charge in [-0.2, -0.15) is 0 Å². The minimum Gasteiger partial charge on any atom is -0.376 e. The largest absolute Gasteiger partial charge is 0.376 e. The molecule has 0 aliphatic carbocycles. The molecule has 86 valence electrons. The van der Waals surface area contributed by atoms with Crippen molar-refractivity contribution in [2.75, 3.05) is 19.8 Å². The zero-order valence-corrected chi connectivity index (χ0v) is 9.92. The van der Waals surface area contributed by atoms with Crippen LogP contribution < -0.4 is 0 Å². The molecule has 1 saturated heterocycles. The minimum absolute atomic E-state index is 0.0232. The average Bonchev–Trinajstić information content (AvgIpc) is 2.14. The van der Waals surface area contributed by atoms with Crippen LogP contribution in [-0.2, 0) is 9.47 Å². The van der Waals surface area contributed by atoms with Crippen LogP contribution in [0.4, 0.5) is 0 Å². The fraction of sp³-hybridized carbons (Fsp3) is 0.364. The summed E-state index contributed by atoms with van der Waals surface area (Å²) in [6.07, 6.45) is 0.0371. The molecule has 0 spiro atoms. The van der Waals surface area contributed by atoms with Gasteiger partial charge in [-0.3, -0.25) is 4.79 Å². The third-order valence-corrected chi connectivity index (χ3v) is 2.84. The van der Waals surface area contributed by atoms with Gasteiger partial charge in [-0.15, -0.1) is 0 Å². The Balaban J connectivity index is 1.96. The van der Waals surface area contributed by atoms with Crippen LogP contribution in [0.5, 0.6) is 0 Å². The second kappa shape index (κ2) is 5.15. The van der Waals surface area contributed by atoms with E-state index in [0.29, 0.717) is 28.8 Å². The van der Waals surface area contributed by atoms with E-state index in [1.54, 1.807) is 18.2 Å². The van der Waals surface area contributed by atoms with Gasteiger partial charge in [0.1, 0.15) is 12.7 Å². The quantitative estimate of drug-likeness (QED) is 0.781. The number of carbonyl (C=O) groups excluding carboxylic acids is 1. The zero-order valence-electron chi connectivity index (χ0n) is 8.41. The van der Waals surface area contributed by atoms with Crippen molar-refractivity contribution in [2.45, 2.75) is 6.10 Å². The third kappa shape index (κ3) is 2.74. The van der Waals surface area contributed by atoms with Gasteiger partial charge in [-0.1, -0.05) is 23.2 Å². The molecule has 0 N–H and O–H groups in total. The molecule has 0 amide bonds. The van der Waals surface area contributed by atoms with Crippen molar-refractivity contribution in [1.29, 1.82) is 0 Å². The van der Waals surface area contributed by atoms with Crippen molar-refractivity contribution in [3.05, 3.63) is 33.8 Å². The van der Waals surface area contributed by atoms with Crippen LogP contribution in [0.15, 0.2) is 18.2 Å². The van der Waals surface area contributed by atoms with E-state index in [-0.39, 0.29) is 18.5 Å². The maximum Gasteiger partial charge on any atom is 0.189 e. The Kier molecular flexibility index (Phi) is 3.82. The molecule has 1 aromatic carbocycles. The second-order valence-corrected chi connectivity index (χ2v) is 4.36. The number of rotatable bonds is 4. The van der Waals surface area contributed by atoms with Gasteiger partial charge in [0.15, 0.2) is 5.78 Å². The summed E-state index contributed by atoms with van der Waals surface area (Å²) in [6.45, 7) is 1.14. The summed E-state index contributed by atoms with van der Waals surface area (Å²) in [4.78, 5) is 11.7. The van der Waals surface area contributed by atoms with Gasteiger partial charge in [-0.25, -0.2) is 0 Å². The minimum atomic E-state index is -0.145. The molecule has 5 heteroatoms. The van der Waals surface area contributed by atoms with Gasteiger partial charge in [0.25, 0.3) is 0 Å². The lowest BCUT2D eigenvalue weighted by Crippen LogP contribution is -2.37. The monoisotopic (exact) mass is 260 g/mol. The molecule has 0 bridgehead atoms. The van der Waals surface area contributed by atoms with Crippen molar-refractivity contribution in [3.8, 4) is 0 Å². The normalized spacial score (nSPS) is 15.9. The van der Waals surface area contributed by atoms with E-state index in [1.807, 2.05) is 0 Å². The standard InChI is InChI=1S/C11H10Cl2O3/c12-7-1-2-9(10(13)3-7)11(14)6-16-8-4-15-5-8/h1-3,8H,4-6H2. The van der Waals surface area contributed by atoms with E-state index < -0.39 is 0 Å². The summed E-state index contributed by atoms with van der Waals surface area (Å²) in [5.41, 5.74) is 0.436. The maximum absolute atomic E-state index is 11.7. The Morgan fingerprint density at radius 1 is 1.44 bits per heavy atom. The molecule has 0 saturated carbocycles. The smallest absolute Gasteiger partial charge is 0.189 e. The van der Waals surface area contributed by atoms with Crippen molar-refractivity contribution >= 4 is 29.0 Å². The summed E-state index contributed by atoms with van der Waals surface area (Å²) in [5, 5.41) is 0.862. The van der Waals surface area contributed by atoms with Crippen LogP contribution in [0.2, 0.25) is 10.0 Å². The molecule has 1 heterocycles. The number of ether oxygens (including phenoxy) is 2. The third-order valence-electron chi connectivity index (χ3n) is 2.29. The van der Waals surface area contributed by atoms with Crippen LogP contribution in [0, 0.1) is 0 Å². The van der Waals surface area contributed by atoms with Gasteiger partial charge in [-0.05, 0) is 18.2 Å². The highest BCUT2D eigenvalue weighted by molar-refractivity contribution is 6.36. The predicted molar refractivity (Wildman–Crippen MR) is 61.4 cm³/mol. The molecule has 1 aliphatic heterocycles. The highest BCUT2D eigenvalue weighted by Gasteiger charge is 2.21. The topological polar surface area (TPSA) is 35.5 Å². The fourth-order valence-corrected chi connectivity index (χ4v) is 1.81. The lowest BCUT2D eigenvalue weighted by Gasteiger charge is -2.25. The number of ketones is 1. The molecule has 0 atom stereocenters. The molecule has 1 aliphatic rings. The summed E-state index contributed by atoms with van der Waals surface area (Å²) in [6, 6.07) is 4.78. The zero-order chi connectivity index (χ0) is 11.5. The summed E-state index contributed by atoms with van der Waals surface area (Å²) in [7, 11) is 0. The molecular weight excluding hydrogens is 251 g/mol. The SMILES string of the molecule is O=C(COC1COC1)c1ccc(Cl)cc1Cl. The Morgan fingerprint density at radius 3 is 2.75 bits per heavy atom. The number of Topliss-reactive ketones (excluding diaryl/α,β-unsaturated/α-hetero) is 1. The molecule has 3 nitrogen and oxygen atoms in total. The number of benzene rings is 1. The van der Waals surface area contributed by atoms with E-state index in [1.165, 1.54) is 0 Å². The number of hydrogen-bond acceptors (Lipinski definition) is 3. The first kappa shape index (κ1) is 11.9. The van der Waals surface area contributed by atoms with E-state index >= 15 is 0 Å². The molecular formula is C11H10Cl2O3. The first-order valence-electron chi connectivity index (χ1n) is 4.84. The van der Waals surface area contributed by atoms with Crippen LogP contribution in [0.25, 0.3) is 0 Å². The van der Waals surface area contributed by atoms with E-state index in [4.69, 9.17) is 32.7 Å². The van der Waals surface area contributed by atoms with Gasteiger partial charge in [0, 0.05) is 10.6 Å². The Bertz CT molecular complexity index is 402. The second-order valence-electron chi connectivity index (χ2n) is 3.52. The molecule has 0 unspecified atom stereocenters. The number of halogens is 2. The van der Waals surface area contributed by atoms with Gasteiger partial charge in [0.05, 0.1) is 18.2 Å². The average molecular weight is 261 g/mol. The molecule has 1 aromatic rings. The molecule has 0 aromatic heterocycles. The molecule has 1 fully saturated rings. The molecule has 0 radical (unpaired) electrons. The Hall–Kier alpha value is -0.610. The fourth-order valence-electron chi connectivity index (χ4n) is 1.30. The molecule has 2 rings (SSSR count). The van der Waals surface area contributed by atoms with Gasteiger partial charge in [0.2, 0.25) is 0 Å². The van der Waals surface area contributed by atoms with Crippen molar-refractivity contribution in [3.63, 3.8) is 0 Å². The van der Waals surface area contributed by atoms with Crippen LogP contribution >= 0.6 is 23.2 Å². The van der Waals surface area contributed by atoms with Crippen LogP contribution in [0.3, 0.4) is 0 Å². The predicted octanol–water partition coefficient (Wildman–Crippen LogP) is 2.59. The highest BCUT2D eigenvalue weighted by atomic mass is 35.5. The maximum atomic E-state index is 11.7. The van der Waals surface area contributed by atoms with Crippen molar-refractivity contribution < 1.29 is 14.3 Å². The highest BCUT2D eigenvalue weighted by Crippen LogP contribution is 2.21. The summed E-state index contributed by atoms with van der Waals surface area (Å²) in [5.74, 6) is -0.145. The molecule has 16 heavy (non-hydrogen) atoms. The lowest BCUT2D eigenvalue weighted by molar-refractivity contribution is -0.123. The van der Waals surface area contributed by atoms with E-state index in [0.717, 1.165) is 0 Å². The van der Waals surface area contributed by atoms with Crippen molar-refractivity contribution in [1.82, 2.24) is 0 Å². The first-order valence-corrected chi connectivity index (χ1v) is 5.60. The number of carbonyl (C=O) groups is 1. The summed E-state index contributed by atoms with van der Waals surface area (Å²) < 4.78 is 10.2. The lowest BCUT2D eigenvalue weighted by atomic mass is 10.1. The van der Waals surface area contributed by atoms with E-state index in [9.17, 15) is 4.79 Å². The Morgan fingerprint density at radius 2 is 2.19 bits per heavy atom. The first-order chi connectivity index (χ1) is 7.66. The van der Waals surface area contributed by atoms with E-state index in [2.05, 4.69) is 0 Å².